The molecule has 1 saturated heterocycles. The molecule has 88 valence electrons. The van der Waals surface area contributed by atoms with Gasteiger partial charge in [-0.2, -0.15) is 0 Å². The van der Waals surface area contributed by atoms with Crippen molar-refractivity contribution in [1.82, 2.24) is 4.90 Å². The van der Waals surface area contributed by atoms with Crippen molar-refractivity contribution < 1.29 is 14.3 Å². The van der Waals surface area contributed by atoms with Gasteiger partial charge >= 0.3 is 5.97 Å². The van der Waals surface area contributed by atoms with Gasteiger partial charge in [-0.25, -0.2) is 4.79 Å². The number of nitrogens with zero attached hydrogens (tertiary/aromatic N) is 1. The van der Waals surface area contributed by atoms with Crippen molar-refractivity contribution in [2.75, 3.05) is 14.1 Å². The van der Waals surface area contributed by atoms with Gasteiger partial charge in [-0.3, -0.25) is 0 Å². The van der Waals surface area contributed by atoms with Gasteiger partial charge in [0.15, 0.2) is 0 Å². The third-order valence-electron chi connectivity index (χ3n) is 2.96. The second-order valence-corrected chi connectivity index (χ2v) is 4.46. The zero-order chi connectivity index (χ0) is 12.0. The highest BCUT2D eigenvalue weighted by molar-refractivity contribution is 5.93. The third-order valence-corrected chi connectivity index (χ3v) is 2.96. The van der Waals surface area contributed by atoms with Gasteiger partial charge in [-0.05, 0) is 6.07 Å². The van der Waals surface area contributed by atoms with E-state index in [0.717, 1.165) is 11.3 Å². The first kappa shape index (κ1) is 10.2. The van der Waals surface area contributed by atoms with Crippen LogP contribution in [0.1, 0.15) is 11.5 Å². The second-order valence-electron chi connectivity index (χ2n) is 4.46. The fraction of sp³-hybridized carbons (Fsp3) is 0.308. The van der Waals surface area contributed by atoms with E-state index >= 15 is 0 Å². The Kier molecular flexibility index (Phi) is 2.11. The first-order valence-electron chi connectivity index (χ1n) is 5.51. The van der Waals surface area contributed by atoms with E-state index in [9.17, 15) is 4.79 Å². The van der Waals surface area contributed by atoms with E-state index in [0.29, 0.717) is 5.57 Å². The fourth-order valence-electron chi connectivity index (χ4n) is 2.30. The van der Waals surface area contributed by atoms with Crippen LogP contribution in [-0.2, 0) is 9.53 Å². The number of benzene rings is 1. The van der Waals surface area contributed by atoms with Gasteiger partial charge < -0.3 is 14.4 Å². The summed E-state index contributed by atoms with van der Waals surface area (Å²) in [5.74, 6) is 0.420. The minimum absolute atomic E-state index is 0.0962. The van der Waals surface area contributed by atoms with Crippen LogP contribution in [0.4, 0.5) is 0 Å². The Morgan fingerprint density at radius 3 is 2.76 bits per heavy atom. The van der Waals surface area contributed by atoms with Crippen molar-refractivity contribution in [3.63, 3.8) is 0 Å². The number of rotatable bonds is 1. The molecule has 2 atom stereocenters. The van der Waals surface area contributed by atoms with Gasteiger partial charge in [0.05, 0.1) is 11.5 Å². The molecular weight excluding hydrogens is 218 g/mol. The summed E-state index contributed by atoms with van der Waals surface area (Å²) in [5, 5.41) is 0. The molecule has 2 unspecified atom stereocenters. The zero-order valence-electron chi connectivity index (χ0n) is 9.71. The fourth-order valence-corrected chi connectivity index (χ4v) is 2.30. The average Bonchev–Trinajstić information content (AvgIpc) is 2.75. The Bertz CT molecular complexity index is 507. The Morgan fingerprint density at radius 2 is 2.00 bits per heavy atom. The largest absolute Gasteiger partial charge is 0.453 e. The summed E-state index contributed by atoms with van der Waals surface area (Å²) in [6.45, 7) is 0. The van der Waals surface area contributed by atoms with Crippen molar-refractivity contribution in [2.24, 2.45) is 0 Å². The van der Waals surface area contributed by atoms with Crippen LogP contribution in [0.2, 0.25) is 0 Å². The molecule has 0 N–H and O–H groups in total. The lowest BCUT2D eigenvalue weighted by Gasteiger charge is -2.09. The van der Waals surface area contributed by atoms with E-state index in [2.05, 4.69) is 0 Å². The second kappa shape index (κ2) is 3.52. The highest BCUT2D eigenvalue weighted by Crippen LogP contribution is 2.46. The van der Waals surface area contributed by atoms with Crippen molar-refractivity contribution in [3.8, 4) is 5.75 Å². The SMILES string of the molecule is CN(C)/C=C1/C(=O)OC2Oc3ccccc3C12. The summed E-state index contributed by atoms with van der Waals surface area (Å²) < 4.78 is 10.8. The first-order valence-corrected chi connectivity index (χ1v) is 5.51. The molecule has 0 saturated carbocycles. The lowest BCUT2D eigenvalue weighted by Crippen LogP contribution is -2.15. The number of esters is 1. The van der Waals surface area contributed by atoms with Crippen molar-refractivity contribution >= 4 is 5.97 Å². The molecule has 1 fully saturated rings. The number of para-hydroxylation sites is 1. The zero-order valence-corrected chi connectivity index (χ0v) is 9.71. The smallest absolute Gasteiger partial charge is 0.339 e. The minimum atomic E-state index is -0.494. The molecule has 0 bridgehead atoms. The quantitative estimate of drug-likeness (QED) is 0.542. The molecule has 4 heteroatoms. The molecule has 2 heterocycles. The molecule has 0 aromatic heterocycles. The number of hydrogen-bond donors (Lipinski definition) is 0. The van der Waals surface area contributed by atoms with Crippen LogP contribution in [0.3, 0.4) is 0 Å². The van der Waals surface area contributed by atoms with Crippen LogP contribution in [0.25, 0.3) is 0 Å². The van der Waals surface area contributed by atoms with E-state index in [1.54, 1.807) is 6.20 Å². The predicted octanol–water partition coefficient (Wildman–Crippen LogP) is 1.49. The Hall–Kier alpha value is -1.97. The first-order chi connectivity index (χ1) is 8.16. The number of carbonyl (C=O) groups excluding carboxylic acids is 1. The maximum atomic E-state index is 11.7. The van der Waals surface area contributed by atoms with E-state index in [1.165, 1.54) is 0 Å². The molecular formula is C13H13NO3. The van der Waals surface area contributed by atoms with Crippen LogP contribution < -0.4 is 4.74 Å². The van der Waals surface area contributed by atoms with E-state index in [4.69, 9.17) is 9.47 Å². The Balaban J connectivity index is 2.07. The van der Waals surface area contributed by atoms with Gasteiger partial charge in [-0.15, -0.1) is 0 Å². The molecule has 2 aliphatic rings. The maximum absolute atomic E-state index is 11.7. The molecule has 0 aliphatic carbocycles. The van der Waals surface area contributed by atoms with Crippen molar-refractivity contribution in [2.45, 2.75) is 12.2 Å². The number of ether oxygens (including phenoxy) is 2. The molecule has 3 rings (SSSR count). The third kappa shape index (κ3) is 1.48. The summed E-state index contributed by atoms with van der Waals surface area (Å²) in [6.07, 6.45) is 1.31. The molecule has 17 heavy (non-hydrogen) atoms. The molecule has 1 aromatic carbocycles. The van der Waals surface area contributed by atoms with Crippen LogP contribution in [0.5, 0.6) is 5.75 Å². The molecule has 4 nitrogen and oxygen atoms in total. The van der Waals surface area contributed by atoms with Crippen LogP contribution in [0, 0.1) is 0 Å². The predicted molar refractivity (Wildman–Crippen MR) is 61.5 cm³/mol. The summed E-state index contributed by atoms with van der Waals surface area (Å²) in [5.41, 5.74) is 1.68. The van der Waals surface area contributed by atoms with Gasteiger partial charge in [-0.1, -0.05) is 18.2 Å². The van der Waals surface area contributed by atoms with Gasteiger partial charge in [0.2, 0.25) is 0 Å². The number of carbonyl (C=O) groups is 1. The van der Waals surface area contributed by atoms with Crippen LogP contribution in [0.15, 0.2) is 36.0 Å². The average molecular weight is 231 g/mol. The van der Waals surface area contributed by atoms with Gasteiger partial charge in [0.25, 0.3) is 6.29 Å². The maximum Gasteiger partial charge on any atom is 0.339 e. The summed E-state index contributed by atoms with van der Waals surface area (Å²) in [4.78, 5) is 13.6. The lowest BCUT2D eigenvalue weighted by molar-refractivity contribution is -0.148. The van der Waals surface area contributed by atoms with E-state index in [1.807, 2.05) is 43.3 Å². The number of fused-ring (bicyclic) bond motifs is 3. The number of hydrogen-bond acceptors (Lipinski definition) is 4. The van der Waals surface area contributed by atoms with Crippen LogP contribution in [-0.4, -0.2) is 31.3 Å². The topological polar surface area (TPSA) is 38.8 Å². The standard InChI is InChI=1S/C13H13NO3/c1-14(2)7-9-11-8-5-3-4-6-10(8)16-13(11)17-12(9)15/h3-7,11,13H,1-2H3/b9-7+. The van der Waals surface area contributed by atoms with Crippen molar-refractivity contribution in [3.05, 3.63) is 41.6 Å². The molecule has 1 aromatic rings. The molecule has 0 amide bonds. The highest BCUT2D eigenvalue weighted by Gasteiger charge is 2.48. The molecule has 0 radical (unpaired) electrons. The van der Waals surface area contributed by atoms with E-state index < -0.39 is 6.29 Å². The Labute approximate surface area is 99.4 Å². The van der Waals surface area contributed by atoms with E-state index in [-0.39, 0.29) is 11.9 Å². The lowest BCUT2D eigenvalue weighted by atomic mass is 9.94. The van der Waals surface area contributed by atoms with Crippen molar-refractivity contribution in [1.29, 1.82) is 0 Å². The molecule has 0 spiro atoms. The molecule has 2 aliphatic heterocycles. The van der Waals surface area contributed by atoms with Crippen LogP contribution >= 0.6 is 0 Å². The normalized spacial score (nSPS) is 27.4. The van der Waals surface area contributed by atoms with Gasteiger partial charge in [0, 0.05) is 25.9 Å². The minimum Gasteiger partial charge on any atom is -0.453 e. The summed E-state index contributed by atoms with van der Waals surface area (Å²) in [7, 11) is 3.77. The van der Waals surface area contributed by atoms with Gasteiger partial charge in [0.1, 0.15) is 5.75 Å². The summed E-state index contributed by atoms with van der Waals surface area (Å²) in [6, 6.07) is 7.73. The summed E-state index contributed by atoms with van der Waals surface area (Å²) >= 11 is 0. The Morgan fingerprint density at radius 1 is 1.24 bits per heavy atom. The monoisotopic (exact) mass is 231 g/mol. The highest BCUT2D eigenvalue weighted by atomic mass is 16.7.